The highest BCUT2D eigenvalue weighted by molar-refractivity contribution is 7.17. The summed E-state index contributed by atoms with van der Waals surface area (Å²) in [4.78, 5) is 0. The van der Waals surface area contributed by atoms with E-state index in [1.54, 1.807) is 0 Å². The Hall–Kier alpha value is -0.880. The lowest BCUT2D eigenvalue weighted by atomic mass is 10.2. The van der Waals surface area contributed by atoms with Crippen LogP contribution in [-0.2, 0) is 6.18 Å². The van der Waals surface area contributed by atoms with Crippen molar-refractivity contribution in [2.75, 3.05) is 0 Å². The minimum Gasteiger partial charge on any atom is -0.164 e. The Morgan fingerprint density at radius 3 is 2.64 bits per heavy atom. The van der Waals surface area contributed by atoms with Gasteiger partial charge in [-0.2, -0.15) is 13.2 Å². The van der Waals surface area contributed by atoms with Gasteiger partial charge in [-0.1, -0.05) is 11.6 Å². The fourth-order valence-electron chi connectivity index (χ4n) is 1.06. The van der Waals surface area contributed by atoms with E-state index in [9.17, 15) is 13.2 Å². The molecule has 0 spiro atoms. The third kappa shape index (κ3) is 1.44. The van der Waals surface area contributed by atoms with Crippen molar-refractivity contribution in [2.45, 2.75) is 6.18 Å². The third-order valence-corrected chi connectivity index (χ3v) is 2.91. The van der Waals surface area contributed by atoms with Crippen molar-refractivity contribution in [3.05, 3.63) is 22.3 Å². The number of nitrogens with zero attached hydrogens (tertiary/aromatic N) is 2. The molecule has 7 heteroatoms. The summed E-state index contributed by atoms with van der Waals surface area (Å²) in [5.74, 6) is 0. The van der Waals surface area contributed by atoms with E-state index < -0.39 is 11.9 Å². The summed E-state index contributed by atoms with van der Waals surface area (Å²) >= 11 is 6.70. The second kappa shape index (κ2) is 3.06. The zero-order valence-corrected chi connectivity index (χ0v) is 8.04. The molecule has 0 atom stereocenters. The van der Waals surface area contributed by atoms with E-state index in [2.05, 4.69) is 10.2 Å². The van der Waals surface area contributed by atoms with Crippen LogP contribution < -0.4 is 0 Å². The summed E-state index contributed by atoms with van der Waals surface area (Å²) in [5.41, 5.74) is -0.988. The smallest absolute Gasteiger partial charge is 0.164 e. The Balaban J connectivity index is 2.80. The number of halogens is 4. The Kier molecular flexibility index (Phi) is 2.11. The van der Waals surface area contributed by atoms with Gasteiger partial charge in [-0.3, -0.25) is 0 Å². The van der Waals surface area contributed by atoms with Crippen molar-refractivity contribution >= 4 is 33.0 Å². The number of hydrogen-bond acceptors (Lipinski definition) is 3. The van der Waals surface area contributed by atoms with E-state index in [1.807, 2.05) is 0 Å². The lowest BCUT2D eigenvalue weighted by molar-refractivity contribution is -0.140. The maximum atomic E-state index is 12.4. The highest BCUT2D eigenvalue weighted by Crippen LogP contribution is 2.36. The zero-order chi connectivity index (χ0) is 10.3. The number of aromatic nitrogens is 2. The van der Waals surface area contributed by atoms with Crippen LogP contribution in [0.15, 0.2) is 11.4 Å². The van der Waals surface area contributed by atoms with Crippen LogP contribution in [0.25, 0.3) is 10.1 Å². The second-order valence-corrected chi connectivity index (χ2v) is 3.77. The summed E-state index contributed by atoms with van der Waals surface area (Å²) in [7, 11) is 0. The molecule has 0 amide bonds. The molecular formula is C7H2ClF3N2S. The summed E-state index contributed by atoms with van der Waals surface area (Å²) in [5, 5.41) is 7.83. The second-order valence-electron chi connectivity index (χ2n) is 2.50. The number of thiophene rings is 1. The topological polar surface area (TPSA) is 25.8 Å². The van der Waals surface area contributed by atoms with Gasteiger partial charge in [0.1, 0.15) is 0 Å². The van der Waals surface area contributed by atoms with Crippen molar-refractivity contribution in [1.29, 1.82) is 0 Å². The van der Waals surface area contributed by atoms with Gasteiger partial charge < -0.3 is 0 Å². The van der Waals surface area contributed by atoms with Gasteiger partial charge in [0.2, 0.25) is 0 Å². The van der Waals surface area contributed by atoms with Crippen LogP contribution in [0.3, 0.4) is 0 Å². The molecular weight excluding hydrogens is 237 g/mol. The molecule has 0 unspecified atom stereocenters. The Morgan fingerprint density at radius 1 is 1.29 bits per heavy atom. The number of fused-ring (bicyclic) bond motifs is 1. The van der Waals surface area contributed by atoms with Gasteiger partial charge in [0.25, 0.3) is 0 Å². The fourth-order valence-corrected chi connectivity index (χ4v) is 2.10. The number of hydrogen-bond donors (Lipinski definition) is 0. The minimum absolute atomic E-state index is 0.00231. The molecule has 2 rings (SSSR count). The molecule has 0 aliphatic rings. The molecule has 74 valence electrons. The molecule has 14 heavy (non-hydrogen) atoms. The van der Waals surface area contributed by atoms with E-state index in [0.717, 1.165) is 11.3 Å². The SMILES string of the molecule is FC(F)(F)c1nnc(Cl)c2sccc12. The molecule has 0 bridgehead atoms. The average molecular weight is 239 g/mol. The molecule has 0 saturated carbocycles. The maximum Gasteiger partial charge on any atom is 0.435 e. The van der Waals surface area contributed by atoms with Gasteiger partial charge in [-0.15, -0.1) is 21.5 Å². The van der Waals surface area contributed by atoms with Gasteiger partial charge in [0.15, 0.2) is 10.8 Å². The molecule has 0 aromatic carbocycles. The van der Waals surface area contributed by atoms with Crippen molar-refractivity contribution < 1.29 is 13.2 Å². The Labute approximate surface area is 85.3 Å². The van der Waals surface area contributed by atoms with Crippen molar-refractivity contribution in [3.8, 4) is 0 Å². The highest BCUT2D eigenvalue weighted by Gasteiger charge is 2.35. The fraction of sp³-hybridized carbons (Fsp3) is 0.143. The van der Waals surface area contributed by atoms with Crippen molar-refractivity contribution in [1.82, 2.24) is 10.2 Å². The molecule has 0 saturated heterocycles. The van der Waals surface area contributed by atoms with Gasteiger partial charge in [-0.05, 0) is 11.4 Å². The number of rotatable bonds is 0. The van der Waals surface area contributed by atoms with Crippen LogP contribution in [0.4, 0.5) is 13.2 Å². The predicted molar refractivity (Wildman–Crippen MR) is 47.4 cm³/mol. The molecule has 0 fully saturated rings. The van der Waals surface area contributed by atoms with Gasteiger partial charge >= 0.3 is 6.18 Å². The quantitative estimate of drug-likeness (QED) is 0.703. The first-order valence-electron chi connectivity index (χ1n) is 3.46. The summed E-state index contributed by atoms with van der Waals surface area (Å²) < 4.78 is 37.5. The molecule has 2 aromatic heterocycles. The normalized spacial score (nSPS) is 12.3. The number of alkyl halides is 3. The van der Waals surface area contributed by atoms with Crippen LogP contribution in [0.1, 0.15) is 5.69 Å². The predicted octanol–water partition coefficient (Wildman–Crippen LogP) is 3.36. The molecule has 2 nitrogen and oxygen atoms in total. The lowest BCUT2D eigenvalue weighted by Gasteiger charge is -2.05. The monoisotopic (exact) mass is 238 g/mol. The third-order valence-electron chi connectivity index (χ3n) is 1.61. The van der Waals surface area contributed by atoms with Crippen LogP contribution in [-0.4, -0.2) is 10.2 Å². The standard InChI is InChI=1S/C7H2ClF3N2S/c8-6-4-3(1-2-14-4)5(12-13-6)7(9,10)11/h1-2H. The van der Waals surface area contributed by atoms with Crippen molar-refractivity contribution in [2.24, 2.45) is 0 Å². The van der Waals surface area contributed by atoms with Crippen LogP contribution in [0, 0.1) is 0 Å². The molecule has 0 aliphatic carbocycles. The summed E-state index contributed by atoms with van der Waals surface area (Å²) in [6, 6.07) is 1.34. The molecule has 0 aliphatic heterocycles. The zero-order valence-electron chi connectivity index (χ0n) is 6.47. The van der Waals surface area contributed by atoms with Crippen LogP contribution in [0.2, 0.25) is 5.15 Å². The van der Waals surface area contributed by atoms with E-state index in [1.165, 1.54) is 11.4 Å². The summed E-state index contributed by atoms with van der Waals surface area (Å²) in [6.07, 6.45) is -4.49. The van der Waals surface area contributed by atoms with Crippen LogP contribution in [0.5, 0.6) is 0 Å². The van der Waals surface area contributed by atoms with Gasteiger partial charge in [-0.25, -0.2) is 0 Å². The molecule has 2 heterocycles. The van der Waals surface area contributed by atoms with E-state index >= 15 is 0 Å². The van der Waals surface area contributed by atoms with Gasteiger partial charge in [0, 0.05) is 5.39 Å². The lowest BCUT2D eigenvalue weighted by Crippen LogP contribution is -2.09. The van der Waals surface area contributed by atoms with E-state index in [4.69, 9.17) is 11.6 Å². The largest absolute Gasteiger partial charge is 0.435 e. The van der Waals surface area contributed by atoms with Crippen LogP contribution >= 0.6 is 22.9 Å². The first-order valence-corrected chi connectivity index (χ1v) is 4.72. The Bertz CT molecular complexity index is 479. The molecule has 2 aromatic rings. The van der Waals surface area contributed by atoms with E-state index in [-0.39, 0.29) is 10.5 Å². The highest BCUT2D eigenvalue weighted by atomic mass is 35.5. The van der Waals surface area contributed by atoms with E-state index in [0.29, 0.717) is 4.70 Å². The first kappa shape index (κ1) is 9.67. The van der Waals surface area contributed by atoms with Gasteiger partial charge in [0.05, 0.1) is 4.70 Å². The first-order chi connectivity index (χ1) is 6.50. The molecule has 0 radical (unpaired) electrons. The Morgan fingerprint density at radius 2 is 2.00 bits per heavy atom. The van der Waals surface area contributed by atoms with Crippen molar-refractivity contribution in [3.63, 3.8) is 0 Å². The molecule has 0 N–H and O–H groups in total. The average Bonchev–Trinajstić information content (AvgIpc) is 2.50. The minimum atomic E-state index is -4.49. The maximum absolute atomic E-state index is 12.4. The summed E-state index contributed by atoms with van der Waals surface area (Å²) in [6.45, 7) is 0.